The fourth-order valence-electron chi connectivity index (χ4n) is 3.64. The lowest BCUT2D eigenvalue weighted by Gasteiger charge is -2.35. The van der Waals surface area contributed by atoms with Gasteiger partial charge in [0, 0.05) is 6.04 Å². The first-order valence-electron chi connectivity index (χ1n) is 8.24. The van der Waals surface area contributed by atoms with Gasteiger partial charge in [-0.25, -0.2) is 0 Å². The Labute approximate surface area is 123 Å². The Hall–Kier alpha value is -0.610. The molecule has 0 amide bonds. The standard InChI is InChI=1S/C16H30N2O2/c1-4-18(5-2)12-10-13-7-6-11-16(13,15(19)20-3)17-14-8-9-14/h13-14,17H,4-12H2,1-3H3. The maximum Gasteiger partial charge on any atom is 0.326 e. The quantitative estimate of drug-likeness (QED) is 0.693. The van der Waals surface area contributed by atoms with Crippen LogP contribution in [0.2, 0.25) is 0 Å². The zero-order valence-electron chi connectivity index (χ0n) is 13.3. The molecule has 4 nitrogen and oxygen atoms in total. The summed E-state index contributed by atoms with van der Waals surface area (Å²) >= 11 is 0. The first-order chi connectivity index (χ1) is 9.66. The maximum atomic E-state index is 12.4. The van der Waals surface area contributed by atoms with Crippen LogP contribution in [0.5, 0.6) is 0 Å². The van der Waals surface area contributed by atoms with Crippen LogP contribution in [0.15, 0.2) is 0 Å². The molecule has 2 atom stereocenters. The van der Waals surface area contributed by atoms with Crippen molar-refractivity contribution in [3.8, 4) is 0 Å². The van der Waals surface area contributed by atoms with Gasteiger partial charge in [-0.3, -0.25) is 10.1 Å². The molecule has 0 spiro atoms. The highest BCUT2D eigenvalue weighted by atomic mass is 16.5. The number of rotatable bonds is 8. The van der Waals surface area contributed by atoms with Crippen molar-refractivity contribution in [1.82, 2.24) is 10.2 Å². The summed E-state index contributed by atoms with van der Waals surface area (Å²) in [5.41, 5.74) is -0.400. The Bertz CT molecular complexity index is 326. The molecule has 116 valence electrons. The van der Waals surface area contributed by atoms with Crippen molar-refractivity contribution in [3.63, 3.8) is 0 Å². The first-order valence-corrected chi connectivity index (χ1v) is 8.24. The number of hydrogen-bond acceptors (Lipinski definition) is 4. The third-order valence-electron chi connectivity index (χ3n) is 5.10. The van der Waals surface area contributed by atoms with Crippen LogP contribution in [-0.4, -0.2) is 49.2 Å². The average Bonchev–Trinajstić information content (AvgIpc) is 3.19. The zero-order chi connectivity index (χ0) is 14.6. The largest absolute Gasteiger partial charge is 0.468 e. The summed E-state index contributed by atoms with van der Waals surface area (Å²) < 4.78 is 5.14. The summed E-state index contributed by atoms with van der Waals surface area (Å²) in [6.45, 7) is 7.67. The van der Waals surface area contributed by atoms with E-state index in [0.29, 0.717) is 12.0 Å². The summed E-state index contributed by atoms with van der Waals surface area (Å²) in [5.74, 6) is 0.391. The molecule has 2 aliphatic rings. The topological polar surface area (TPSA) is 41.6 Å². The van der Waals surface area contributed by atoms with Gasteiger partial charge in [-0.1, -0.05) is 20.3 Å². The fraction of sp³-hybridized carbons (Fsp3) is 0.938. The van der Waals surface area contributed by atoms with Crippen molar-refractivity contribution in [2.45, 2.75) is 64.0 Å². The van der Waals surface area contributed by atoms with Crippen LogP contribution in [0.25, 0.3) is 0 Å². The van der Waals surface area contributed by atoms with Gasteiger partial charge in [0.15, 0.2) is 0 Å². The van der Waals surface area contributed by atoms with E-state index in [-0.39, 0.29) is 5.97 Å². The number of hydrogen-bond donors (Lipinski definition) is 1. The molecule has 0 saturated heterocycles. The molecule has 2 fully saturated rings. The molecule has 0 radical (unpaired) electrons. The molecule has 20 heavy (non-hydrogen) atoms. The van der Waals surface area contributed by atoms with Crippen LogP contribution in [0.4, 0.5) is 0 Å². The molecule has 0 aromatic carbocycles. The minimum atomic E-state index is -0.400. The number of carbonyl (C=O) groups excluding carboxylic acids is 1. The van der Waals surface area contributed by atoms with E-state index in [2.05, 4.69) is 24.1 Å². The van der Waals surface area contributed by atoms with Gasteiger partial charge in [0.25, 0.3) is 0 Å². The van der Waals surface area contributed by atoms with E-state index in [1.165, 1.54) is 20.0 Å². The molecule has 0 aliphatic heterocycles. The number of esters is 1. The third-order valence-corrected chi connectivity index (χ3v) is 5.10. The van der Waals surface area contributed by atoms with Gasteiger partial charge in [0.2, 0.25) is 0 Å². The number of nitrogens with zero attached hydrogens (tertiary/aromatic N) is 1. The molecule has 0 aromatic heterocycles. The molecule has 1 N–H and O–H groups in total. The van der Waals surface area contributed by atoms with Gasteiger partial charge < -0.3 is 9.64 Å². The Balaban J connectivity index is 2.02. The Morgan fingerprint density at radius 3 is 2.55 bits per heavy atom. The first kappa shape index (κ1) is 15.8. The monoisotopic (exact) mass is 282 g/mol. The minimum absolute atomic E-state index is 0.0357. The van der Waals surface area contributed by atoms with E-state index < -0.39 is 5.54 Å². The molecule has 2 aliphatic carbocycles. The average molecular weight is 282 g/mol. The normalized spacial score (nSPS) is 29.9. The van der Waals surface area contributed by atoms with E-state index in [4.69, 9.17) is 4.74 Å². The highest BCUT2D eigenvalue weighted by molar-refractivity contribution is 5.81. The highest BCUT2D eigenvalue weighted by Crippen LogP contribution is 2.41. The third kappa shape index (κ3) is 3.34. The second kappa shape index (κ2) is 6.90. The molecule has 2 unspecified atom stereocenters. The molecule has 0 bridgehead atoms. The van der Waals surface area contributed by atoms with Gasteiger partial charge in [0.1, 0.15) is 5.54 Å². The van der Waals surface area contributed by atoms with Crippen LogP contribution >= 0.6 is 0 Å². The van der Waals surface area contributed by atoms with Crippen LogP contribution in [0, 0.1) is 5.92 Å². The van der Waals surface area contributed by atoms with E-state index in [9.17, 15) is 4.79 Å². The van der Waals surface area contributed by atoms with Crippen molar-refractivity contribution in [2.24, 2.45) is 5.92 Å². The van der Waals surface area contributed by atoms with E-state index in [0.717, 1.165) is 45.3 Å². The van der Waals surface area contributed by atoms with Crippen LogP contribution in [0.3, 0.4) is 0 Å². The lowest BCUT2D eigenvalue weighted by atomic mass is 9.84. The smallest absolute Gasteiger partial charge is 0.326 e. The fourth-order valence-corrected chi connectivity index (χ4v) is 3.64. The van der Waals surface area contributed by atoms with E-state index in [1.807, 2.05) is 0 Å². The number of ether oxygens (including phenoxy) is 1. The second-order valence-corrected chi connectivity index (χ2v) is 6.29. The molecular formula is C16H30N2O2. The van der Waals surface area contributed by atoms with Gasteiger partial charge in [-0.05, 0) is 57.7 Å². The van der Waals surface area contributed by atoms with Crippen molar-refractivity contribution in [1.29, 1.82) is 0 Å². The number of carbonyl (C=O) groups is 1. The Kier molecular flexibility index (Phi) is 5.44. The van der Waals surface area contributed by atoms with Gasteiger partial charge >= 0.3 is 5.97 Å². The van der Waals surface area contributed by atoms with Gasteiger partial charge in [-0.2, -0.15) is 0 Å². The van der Waals surface area contributed by atoms with Crippen LogP contribution < -0.4 is 5.32 Å². The Morgan fingerprint density at radius 2 is 2.00 bits per heavy atom. The lowest BCUT2D eigenvalue weighted by Crippen LogP contribution is -2.56. The summed E-state index contributed by atoms with van der Waals surface area (Å²) in [7, 11) is 1.53. The number of nitrogens with one attached hydrogen (secondary N) is 1. The van der Waals surface area contributed by atoms with Gasteiger partial charge in [0.05, 0.1) is 7.11 Å². The van der Waals surface area contributed by atoms with Crippen molar-refractivity contribution in [2.75, 3.05) is 26.7 Å². The van der Waals surface area contributed by atoms with E-state index >= 15 is 0 Å². The zero-order valence-corrected chi connectivity index (χ0v) is 13.3. The van der Waals surface area contributed by atoms with E-state index in [1.54, 1.807) is 0 Å². The lowest BCUT2D eigenvalue weighted by molar-refractivity contribution is -0.150. The second-order valence-electron chi connectivity index (χ2n) is 6.29. The van der Waals surface area contributed by atoms with Crippen molar-refractivity contribution in [3.05, 3.63) is 0 Å². The summed E-state index contributed by atoms with van der Waals surface area (Å²) in [6.07, 6.45) is 6.74. The van der Waals surface area contributed by atoms with Gasteiger partial charge in [-0.15, -0.1) is 0 Å². The molecule has 0 aromatic rings. The maximum absolute atomic E-state index is 12.4. The Morgan fingerprint density at radius 1 is 1.30 bits per heavy atom. The minimum Gasteiger partial charge on any atom is -0.468 e. The predicted octanol–water partition coefficient (Wildman–Crippen LogP) is 2.18. The SMILES string of the molecule is CCN(CC)CCC1CCCC1(NC1CC1)C(=O)OC. The van der Waals surface area contributed by atoms with Crippen LogP contribution in [-0.2, 0) is 9.53 Å². The predicted molar refractivity (Wildman–Crippen MR) is 80.7 cm³/mol. The molecular weight excluding hydrogens is 252 g/mol. The summed E-state index contributed by atoms with van der Waals surface area (Å²) in [5, 5.41) is 3.63. The molecule has 2 rings (SSSR count). The van der Waals surface area contributed by atoms with Crippen molar-refractivity contribution < 1.29 is 9.53 Å². The summed E-state index contributed by atoms with van der Waals surface area (Å²) in [6, 6.07) is 0.545. The molecule has 4 heteroatoms. The molecule has 2 saturated carbocycles. The van der Waals surface area contributed by atoms with Crippen molar-refractivity contribution >= 4 is 5.97 Å². The number of methoxy groups -OCH3 is 1. The highest BCUT2D eigenvalue weighted by Gasteiger charge is 2.51. The summed E-state index contributed by atoms with van der Waals surface area (Å²) in [4.78, 5) is 14.8. The van der Waals surface area contributed by atoms with Crippen LogP contribution in [0.1, 0.15) is 52.4 Å². The molecule has 0 heterocycles.